The number of hydrogen-bond donors (Lipinski definition) is 3. The fraction of sp³-hybridized carbons (Fsp3) is 0.333. The molecule has 2 heterocycles. The van der Waals surface area contributed by atoms with Gasteiger partial charge in [-0.2, -0.15) is 0 Å². The molecule has 5 N–H and O–H groups in total. The Bertz CT molecular complexity index is 930. The second-order valence-electron chi connectivity index (χ2n) is 7.29. The highest BCUT2D eigenvalue weighted by atomic mass is 16.4. The van der Waals surface area contributed by atoms with Crippen LogP contribution in [0.15, 0.2) is 42.6 Å². The number of aryl methyl sites for hydroxylation is 1. The molecule has 3 rings (SSSR count). The van der Waals surface area contributed by atoms with Gasteiger partial charge in [-0.05, 0) is 54.5 Å². The maximum atomic E-state index is 11.9. The molecule has 0 saturated carbocycles. The molecule has 8 nitrogen and oxygen atoms in total. The van der Waals surface area contributed by atoms with Gasteiger partial charge in [0.2, 0.25) is 5.91 Å². The highest BCUT2D eigenvalue weighted by Crippen LogP contribution is 2.36. The maximum absolute atomic E-state index is 11.9. The van der Waals surface area contributed by atoms with Gasteiger partial charge in [0.15, 0.2) is 0 Å². The topological polar surface area (TPSA) is 140 Å². The minimum atomic E-state index is -0.980. The lowest BCUT2D eigenvalue weighted by Gasteiger charge is -2.38. The van der Waals surface area contributed by atoms with Crippen molar-refractivity contribution in [2.24, 2.45) is 17.4 Å². The number of benzene rings is 1. The van der Waals surface area contributed by atoms with Crippen molar-refractivity contribution in [2.45, 2.75) is 25.2 Å². The van der Waals surface area contributed by atoms with Crippen molar-refractivity contribution >= 4 is 17.9 Å². The van der Waals surface area contributed by atoms with Crippen molar-refractivity contribution in [3.8, 4) is 0 Å². The van der Waals surface area contributed by atoms with Crippen molar-refractivity contribution < 1.29 is 19.5 Å². The number of aromatic nitrogens is 1. The average Bonchev–Trinajstić information content (AvgIpc) is 2.72. The molecular weight excluding hydrogens is 372 g/mol. The third-order valence-electron chi connectivity index (χ3n) is 5.51. The summed E-state index contributed by atoms with van der Waals surface area (Å²) in [6, 6.07) is 10.7. The van der Waals surface area contributed by atoms with Gasteiger partial charge in [0, 0.05) is 30.8 Å². The summed E-state index contributed by atoms with van der Waals surface area (Å²) in [5, 5.41) is 9.43. The molecule has 152 valence electrons. The smallest absolute Gasteiger partial charge is 0.407 e. The zero-order chi connectivity index (χ0) is 21.0. The standard InChI is InChI=1S/C21H24N4O4/c22-19(26)15-4-1-3-13(11-15)6-7-14-8-10-25(21(28)29)12-17(14)16-5-2-9-24-18(16)20(23)27/h1-5,9,11,14,17H,6-8,10,12H2,(H2,22,26)(H2,23,27)(H,28,29). The lowest BCUT2D eigenvalue weighted by atomic mass is 9.77. The Kier molecular flexibility index (Phi) is 6.11. The van der Waals surface area contributed by atoms with E-state index < -0.39 is 17.9 Å². The molecule has 1 aliphatic rings. The fourth-order valence-electron chi connectivity index (χ4n) is 4.03. The molecule has 1 aromatic carbocycles. The maximum Gasteiger partial charge on any atom is 0.407 e. The SMILES string of the molecule is NC(=O)c1cccc(CCC2CCN(C(=O)O)CC2c2cccnc2C(N)=O)c1. The average molecular weight is 396 g/mol. The molecule has 0 aliphatic carbocycles. The first-order valence-electron chi connectivity index (χ1n) is 9.48. The van der Waals surface area contributed by atoms with Gasteiger partial charge in [0.25, 0.3) is 5.91 Å². The molecule has 0 spiro atoms. The van der Waals surface area contributed by atoms with Crippen molar-refractivity contribution in [1.82, 2.24) is 9.88 Å². The second-order valence-corrected chi connectivity index (χ2v) is 7.29. The van der Waals surface area contributed by atoms with Crippen LogP contribution < -0.4 is 11.5 Å². The number of nitrogens with zero attached hydrogens (tertiary/aromatic N) is 2. The van der Waals surface area contributed by atoms with Gasteiger partial charge in [0.1, 0.15) is 5.69 Å². The van der Waals surface area contributed by atoms with Gasteiger partial charge in [-0.3, -0.25) is 14.6 Å². The first-order valence-corrected chi connectivity index (χ1v) is 9.48. The van der Waals surface area contributed by atoms with E-state index in [9.17, 15) is 19.5 Å². The minimum absolute atomic E-state index is 0.144. The number of carbonyl (C=O) groups excluding carboxylic acids is 2. The Balaban J connectivity index is 1.84. The van der Waals surface area contributed by atoms with E-state index in [2.05, 4.69) is 4.98 Å². The quantitative estimate of drug-likeness (QED) is 0.685. The largest absolute Gasteiger partial charge is 0.465 e. The van der Waals surface area contributed by atoms with Crippen LogP contribution in [0.4, 0.5) is 4.79 Å². The van der Waals surface area contributed by atoms with Crippen molar-refractivity contribution in [2.75, 3.05) is 13.1 Å². The Hall–Kier alpha value is -3.42. The first kappa shape index (κ1) is 20.3. The number of nitrogens with two attached hydrogens (primary N) is 2. The van der Waals surface area contributed by atoms with Gasteiger partial charge >= 0.3 is 6.09 Å². The highest BCUT2D eigenvalue weighted by molar-refractivity contribution is 5.93. The lowest BCUT2D eigenvalue weighted by molar-refractivity contribution is 0.0984. The van der Waals surface area contributed by atoms with E-state index >= 15 is 0 Å². The number of rotatable bonds is 6. The molecule has 2 unspecified atom stereocenters. The molecular formula is C21H24N4O4. The van der Waals surface area contributed by atoms with Crippen LogP contribution in [0, 0.1) is 5.92 Å². The highest BCUT2D eigenvalue weighted by Gasteiger charge is 2.34. The lowest BCUT2D eigenvalue weighted by Crippen LogP contribution is -2.42. The number of piperidine rings is 1. The zero-order valence-corrected chi connectivity index (χ0v) is 16.0. The summed E-state index contributed by atoms with van der Waals surface area (Å²) in [5.74, 6) is -1.14. The van der Waals surface area contributed by atoms with Crippen LogP contribution in [0.3, 0.4) is 0 Å². The Labute approximate surface area is 168 Å². The normalized spacial score (nSPS) is 19.0. The fourth-order valence-corrected chi connectivity index (χ4v) is 4.03. The molecule has 2 aromatic rings. The summed E-state index contributed by atoms with van der Waals surface area (Å²) in [6.45, 7) is 0.720. The van der Waals surface area contributed by atoms with Crippen molar-refractivity contribution in [3.63, 3.8) is 0 Å². The van der Waals surface area contributed by atoms with Gasteiger partial charge in [0.05, 0.1) is 0 Å². The van der Waals surface area contributed by atoms with Gasteiger partial charge in [-0.1, -0.05) is 18.2 Å². The van der Waals surface area contributed by atoms with E-state index in [-0.39, 0.29) is 24.1 Å². The summed E-state index contributed by atoms with van der Waals surface area (Å²) in [6.07, 6.45) is 2.67. The third kappa shape index (κ3) is 4.71. The van der Waals surface area contributed by atoms with Crippen molar-refractivity contribution in [3.05, 3.63) is 65.0 Å². The molecule has 3 amide bonds. The molecule has 1 aromatic heterocycles. The molecule has 1 aliphatic heterocycles. The van der Waals surface area contributed by atoms with E-state index in [4.69, 9.17) is 11.5 Å². The predicted molar refractivity (Wildman–Crippen MR) is 106 cm³/mol. The van der Waals surface area contributed by atoms with E-state index in [0.717, 1.165) is 12.0 Å². The number of pyridine rings is 1. The van der Waals surface area contributed by atoms with Crippen LogP contribution in [0.1, 0.15) is 50.7 Å². The summed E-state index contributed by atoms with van der Waals surface area (Å²) in [4.78, 5) is 40.3. The monoisotopic (exact) mass is 396 g/mol. The van der Waals surface area contributed by atoms with Crippen LogP contribution in [-0.4, -0.2) is 46.0 Å². The van der Waals surface area contributed by atoms with E-state index in [1.807, 2.05) is 6.07 Å². The van der Waals surface area contributed by atoms with Crippen LogP contribution >= 0.6 is 0 Å². The van der Waals surface area contributed by atoms with E-state index in [1.165, 1.54) is 11.1 Å². The van der Waals surface area contributed by atoms with Crippen LogP contribution in [-0.2, 0) is 6.42 Å². The second kappa shape index (κ2) is 8.72. The minimum Gasteiger partial charge on any atom is -0.465 e. The molecule has 29 heavy (non-hydrogen) atoms. The summed E-state index contributed by atoms with van der Waals surface area (Å²) < 4.78 is 0. The van der Waals surface area contributed by atoms with E-state index in [0.29, 0.717) is 30.5 Å². The molecule has 1 saturated heterocycles. The number of carboxylic acid groups (broad SMARTS) is 1. The summed E-state index contributed by atoms with van der Waals surface area (Å²) in [5.41, 5.74) is 13.2. The molecule has 1 fully saturated rings. The Morgan fingerprint density at radius 2 is 1.93 bits per heavy atom. The Morgan fingerprint density at radius 1 is 1.14 bits per heavy atom. The van der Waals surface area contributed by atoms with Gasteiger partial charge < -0.3 is 21.5 Å². The summed E-state index contributed by atoms with van der Waals surface area (Å²) in [7, 11) is 0. The first-order chi connectivity index (χ1) is 13.9. The predicted octanol–water partition coefficient (Wildman–Crippen LogP) is 2.00. The molecule has 8 heteroatoms. The number of likely N-dealkylation sites (tertiary alicyclic amines) is 1. The number of hydrogen-bond acceptors (Lipinski definition) is 4. The van der Waals surface area contributed by atoms with Crippen LogP contribution in [0.5, 0.6) is 0 Å². The van der Waals surface area contributed by atoms with Crippen LogP contribution in [0.25, 0.3) is 0 Å². The molecule has 2 atom stereocenters. The zero-order valence-electron chi connectivity index (χ0n) is 16.0. The summed E-state index contributed by atoms with van der Waals surface area (Å²) >= 11 is 0. The third-order valence-corrected chi connectivity index (χ3v) is 5.51. The Morgan fingerprint density at radius 3 is 2.62 bits per heavy atom. The van der Waals surface area contributed by atoms with Gasteiger partial charge in [-0.15, -0.1) is 0 Å². The van der Waals surface area contributed by atoms with E-state index in [1.54, 1.807) is 30.3 Å². The number of carbonyl (C=O) groups is 3. The molecule has 0 bridgehead atoms. The number of amides is 3. The number of primary amides is 2. The van der Waals surface area contributed by atoms with Crippen LogP contribution in [0.2, 0.25) is 0 Å². The van der Waals surface area contributed by atoms with Crippen molar-refractivity contribution in [1.29, 1.82) is 0 Å². The molecule has 0 radical (unpaired) electrons. The van der Waals surface area contributed by atoms with Gasteiger partial charge in [-0.25, -0.2) is 4.79 Å².